The zero-order valence-electron chi connectivity index (χ0n) is 10.2. The van der Waals surface area contributed by atoms with Crippen LogP contribution in [-0.2, 0) is 9.53 Å². The summed E-state index contributed by atoms with van der Waals surface area (Å²) < 4.78 is 5.95. The molecule has 1 amide bonds. The molecule has 0 aliphatic carbocycles. The molecule has 1 aromatic heterocycles. The van der Waals surface area contributed by atoms with E-state index in [1.807, 2.05) is 13.8 Å². The molecule has 0 aromatic carbocycles. The highest BCUT2D eigenvalue weighted by atomic mass is 16.5. The van der Waals surface area contributed by atoms with Crippen LogP contribution >= 0.6 is 0 Å². The molecule has 0 aliphatic rings. The smallest absolute Gasteiger partial charge is 0.328 e. The van der Waals surface area contributed by atoms with Crippen LogP contribution in [0.5, 0.6) is 0 Å². The van der Waals surface area contributed by atoms with E-state index >= 15 is 0 Å². The average molecular weight is 239 g/mol. The number of esters is 1. The van der Waals surface area contributed by atoms with Crippen molar-refractivity contribution in [3.63, 3.8) is 0 Å². The molecule has 0 bridgehead atoms. The molecule has 6 heteroatoms. The average Bonchev–Trinajstić information content (AvgIpc) is 2.87. The van der Waals surface area contributed by atoms with Crippen molar-refractivity contribution in [1.82, 2.24) is 14.9 Å². The van der Waals surface area contributed by atoms with E-state index in [1.54, 1.807) is 0 Å². The Kier molecular flexibility index (Phi) is 4.68. The second-order valence-corrected chi connectivity index (χ2v) is 3.81. The summed E-state index contributed by atoms with van der Waals surface area (Å²) in [5.74, 6) is -0.428. The van der Waals surface area contributed by atoms with Gasteiger partial charge in [0, 0.05) is 12.4 Å². The molecular weight excluding hydrogens is 222 g/mol. The predicted octanol–water partition coefficient (Wildman–Crippen LogP) is 1.03. The van der Waals surface area contributed by atoms with Crippen molar-refractivity contribution in [2.24, 2.45) is 5.92 Å². The molecule has 1 rings (SSSR count). The van der Waals surface area contributed by atoms with Gasteiger partial charge >= 0.3 is 12.0 Å². The molecule has 94 valence electrons. The molecule has 0 radical (unpaired) electrons. The minimum Gasteiger partial charge on any atom is -0.467 e. The van der Waals surface area contributed by atoms with E-state index in [2.05, 4.69) is 15.0 Å². The Morgan fingerprint density at radius 2 is 2.24 bits per heavy atom. The fraction of sp³-hybridized carbons (Fsp3) is 0.545. The van der Waals surface area contributed by atoms with Gasteiger partial charge in [0.15, 0.2) is 0 Å². The molecule has 0 saturated carbocycles. The Labute approximate surface area is 100.0 Å². The molecule has 0 saturated heterocycles. The number of carbonyl (C=O) groups excluding carboxylic acids is 2. The van der Waals surface area contributed by atoms with Crippen LogP contribution in [-0.4, -0.2) is 34.7 Å². The van der Waals surface area contributed by atoms with Crippen molar-refractivity contribution >= 4 is 12.0 Å². The van der Waals surface area contributed by atoms with Gasteiger partial charge in [-0.15, -0.1) is 0 Å². The minimum absolute atomic E-state index is 0.00919. The number of ether oxygens (including phenoxy) is 1. The van der Waals surface area contributed by atoms with Gasteiger partial charge in [-0.3, -0.25) is 4.57 Å². The Hall–Kier alpha value is -1.85. The first-order valence-corrected chi connectivity index (χ1v) is 5.46. The standard InChI is InChI=1S/C11H17N3O3/c1-4-8(2)9(10(15)17-3)13-11(16)14-6-5-12-7-14/h5-9H,4H2,1-3H3,(H,13,16)/t8?,9-/m0/s1. The van der Waals surface area contributed by atoms with Crippen LogP contribution in [0.15, 0.2) is 18.7 Å². The fourth-order valence-electron chi connectivity index (χ4n) is 1.38. The van der Waals surface area contributed by atoms with Gasteiger partial charge in [0.05, 0.1) is 7.11 Å². The van der Waals surface area contributed by atoms with Crippen LogP contribution in [0.1, 0.15) is 20.3 Å². The zero-order chi connectivity index (χ0) is 12.8. The molecule has 1 N–H and O–H groups in total. The Morgan fingerprint density at radius 1 is 1.53 bits per heavy atom. The summed E-state index contributed by atoms with van der Waals surface area (Å²) >= 11 is 0. The van der Waals surface area contributed by atoms with Gasteiger partial charge < -0.3 is 10.1 Å². The Bertz CT molecular complexity index is 375. The van der Waals surface area contributed by atoms with Crippen LogP contribution in [0, 0.1) is 5.92 Å². The van der Waals surface area contributed by atoms with Gasteiger partial charge in [-0.05, 0) is 5.92 Å². The van der Waals surface area contributed by atoms with Crippen LogP contribution in [0.2, 0.25) is 0 Å². The number of imidazole rings is 1. The van der Waals surface area contributed by atoms with E-state index in [4.69, 9.17) is 0 Å². The predicted molar refractivity (Wildman–Crippen MR) is 61.4 cm³/mol. The van der Waals surface area contributed by atoms with Crippen molar-refractivity contribution in [2.75, 3.05) is 7.11 Å². The second kappa shape index (κ2) is 6.03. The Morgan fingerprint density at radius 3 is 2.71 bits per heavy atom. The molecule has 2 atom stereocenters. The SMILES string of the molecule is CCC(C)[C@H](NC(=O)n1ccnc1)C(=O)OC. The van der Waals surface area contributed by atoms with Gasteiger partial charge in [-0.2, -0.15) is 0 Å². The topological polar surface area (TPSA) is 73.2 Å². The highest BCUT2D eigenvalue weighted by Crippen LogP contribution is 2.09. The molecule has 0 spiro atoms. The van der Waals surface area contributed by atoms with Crippen LogP contribution in [0.4, 0.5) is 4.79 Å². The summed E-state index contributed by atoms with van der Waals surface area (Å²) in [4.78, 5) is 27.1. The molecule has 6 nitrogen and oxygen atoms in total. The monoisotopic (exact) mass is 239 g/mol. The molecule has 1 unspecified atom stereocenters. The van der Waals surface area contributed by atoms with E-state index in [0.717, 1.165) is 6.42 Å². The van der Waals surface area contributed by atoms with Gasteiger partial charge in [-0.1, -0.05) is 20.3 Å². The lowest BCUT2D eigenvalue weighted by molar-refractivity contribution is -0.144. The zero-order valence-corrected chi connectivity index (χ0v) is 10.2. The maximum Gasteiger partial charge on any atom is 0.328 e. The third kappa shape index (κ3) is 3.30. The summed E-state index contributed by atoms with van der Waals surface area (Å²) in [5.41, 5.74) is 0. The quantitative estimate of drug-likeness (QED) is 0.796. The third-order valence-electron chi connectivity index (χ3n) is 2.69. The van der Waals surface area contributed by atoms with Crippen molar-refractivity contribution in [1.29, 1.82) is 0 Å². The van der Waals surface area contributed by atoms with Gasteiger partial charge in [0.1, 0.15) is 12.4 Å². The lowest BCUT2D eigenvalue weighted by atomic mass is 9.99. The Balaban J connectivity index is 2.73. The summed E-state index contributed by atoms with van der Waals surface area (Å²) in [6.45, 7) is 3.83. The number of aromatic nitrogens is 2. The summed E-state index contributed by atoms with van der Waals surface area (Å²) in [6, 6.07) is -1.03. The number of nitrogens with one attached hydrogen (secondary N) is 1. The highest BCUT2D eigenvalue weighted by Gasteiger charge is 2.26. The number of hydrogen-bond donors (Lipinski definition) is 1. The first-order valence-electron chi connectivity index (χ1n) is 5.46. The van der Waals surface area contributed by atoms with E-state index < -0.39 is 18.0 Å². The molecule has 0 aliphatic heterocycles. The van der Waals surface area contributed by atoms with Gasteiger partial charge in [0.25, 0.3) is 0 Å². The van der Waals surface area contributed by atoms with Crippen LogP contribution in [0.3, 0.4) is 0 Å². The first kappa shape index (κ1) is 13.2. The number of carbonyl (C=O) groups is 2. The van der Waals surface area contributed by atoms with Crippen molar-refractivity contribution in [3.8, 4) is 0 Å². The van der Waals surface area contributed by atoms with Crippen molar-refractivity contribution in [3.05, 3.63) is 18.7 Å². The molecule has 0 fully saturated rings. The van der Waals surface area contributed by atoms with Crippen LogP contribution in [0.25, 0.3) is 0 Å². The lowest BCUT2D eigenvalue weighted by Crippen LogP contribution is -2.46. The normalized spacial score (nSPS) is 13.8. The lowest BCUT2D eigenvalue weighted by Gasteiger charge is -2.21. The van der Waals surface area contributed by atoms with E-state index in [1.165, 1.54) is 30.4 Å². The van der Waals surface area contributed by atoms with E-state index in [-0.39, 0.29) is 5.92 Å². The van der Waals surface area contributed by atoms with E-state index in [0.29, 0.717) is 0 Å². The van der Waals surface area contributed by atoms with Crippen LogP contribution < -0.4 is 5.32 Å². The van der Waals surface area contributed by atoms with Gasteiger partial charge in [0.2, 0.25) is 0 Å². The maximum atomic E-state index is 11.8. The summed E-state index contributed by atoms with van der Waals surface area (Å²) in [5, 5.41) is 2.63. The van der Waals surface area contributed by atoms with E-state index in [9.17, 15) is 9.59 Å². The molecule has 17 heavy (non-hydrogen) atoms. The highest BCUT2D eigenvalue weighted by molar-refractivity contribution is 5.84. The molecule has 1 aromatic rings. The maximum absolute atomic E-state index is 11.8. The molecule has 1 heterocycles. The first-order chi connectivity index (χ1) is 8.10. The largest absolute Gasteiger partial charge is 0.467 e. The van der Waals surface area contributed by atoms with Crippen molar-refractivity contribution in [2.45, 2.75) is 26.3 Å². The number of rotatable bonds is 4. The fourth-order valence-corrected chi connectivity index (χ4v) is 1.38. The third-order valence-corrected chi connectivity index (χ3v) is 2.69. The van der Waals surface area contributed by atoms with Crippen molar-refractivity contribution < 1.29 is 14.3 Å². The minimum atomic E-state index is -0.639. The second-order valence-electron chi connectivity index (χ2n) is 3.81. The number of methoxy groups -OCH3 is 1. The molecular formula is C11H17N3O3. The summed E-state index contributed by atoms with van der Waals surface area (Å²) in [7, 11) is 1.31. The van der Waals surface area contributed by atoms with Gasteiger partial charge in [-0.25, -0.2) is 14.6 Å². The summed E-state index contributed by atoms with van der Waals surface area (Å²) in [6.07, 6.45) is 5.15. The number of amides is 1. The number of nitrogens with zero attached hydrogens (tertiary/aromatic N) is 2. The number of hydrogen-bond acceptors (Lipinski definition) is 4.